The maximum Gasteiger partial charge on any atom is 0.134 e. The van der Waals surface area contributed by atoms with Gasteiger partial charge in [0.25, 0.3) is 0 Å². The van der Waals surface area contributed by atoms with Gasteiger partial charge in [0, 0.05) is 10.0 Å². The first-order chi connectivity index (χ1) is 18.6. The van der Waals surface area contributed by atoms with E-state index in [1.807, 2.05) is 0 Å². The van der Waals surface area contributed by atoms with E-state index < -0.39 is 0 Å². The molecule has 0 aliphatic carbocycles. The first-order valence-corrected chi connectivity index (χ1v) is 16.8. The summed E-state index contributed by atoms with van der Waals surface area (Å²) in [6.45, 7) is 6.04. The molecule has 0 N–H and O–H groups in total. The Kier molecular flexibility index (Phi) is 18.7. The van der Waals surface area contributed by atoms with Gasteiger partial charge in [0.05, 0.1) is 17.7 Å². The lowest BCUT2D eigenvalue weighted by atomic mass is 10.1. The average molecular weight is 651 g/mol. The van der Waals surface area contributed by atoms with Crippen molar-refractivity contribution in [1.82, 2.24) is 0 Å². The van der Waals surface area contributed by atoms with Crippen molar-refractivity contribution in [3.63, 3.8) is 0 Å². The van der Waals surface area contributed by atoms with Gasteiger partial charge in [-0.2, -0.15) is 0 Å². The summed E-state index contributed by atoms with van der Waals surface area (Å²) >= 11 is 7.25. The van der Waals surface area contributed by atoms with Crippen LogP contribution in [0.1, 0.15) is 128 Å². The van der Waals surface area contributed by atoms with Crippen molar-refractivity contribution in [3.05, 3.63) is 56.5 Å². The number of benzene rings is 2. The van der Waals surface area contributed by atoms with Crippen LogP contribution < -0.4 is 9.47 Å². The Morgan fingerprint density at radius 2 is 1.03 bits per heavy atom. The standard InChI is InChI=1S/C34H50Br2O2/c1-3-5-7-9-11-13-15-17-25-37-33-28-32(36)34(38-26-18-16-14-12-10-8-6-4-2)27-30(33)22-19-29-20-23-31(35)24-21-29/h19-24,27-28H,3-18,25-26H2,1-2H3/b22-19+. The molecule has 0 aromatic heterocycles. The topological polar surface area (TPSA) is 18.5 Å². The van der Waals surface area contributed by atoms with E-state index in [4.69, 9.17) is 9.47 Å². The third kappa shape index (κ3) is 14.8. The number of rotatable bonds is 22. The zero-order valence-electron chi connectivity index (χ0n) is 23.9. The predicted octanol–water partition coefficient (Wildman–Crippen LogP) is 12.4. The van der Waals surface area contributed by atoms with Crippen molar-refractivity contribution in [1.29, 1.82) is 0 Å². The van der Waals surface area contributed by atoms with E-state index in [1.165, 1.54) is 89.9 Å². The molecule has 0 heterocycles. The zero-order valence-corrected chi connectivity index (χ0v) is 27.1. The van der Waals surface area contributed by atoms with E-state index in [0.717, 1.165) is 57.6 Å². The van der Waals surface area contributed by atoms with Crippen molar-refractivity contribution in [2.45, 2.75) is 117 Å². The molecule has 212 valence electrons. The van der Waals surface area contributed by atoms with Gasteiger partial charge in [0.15, 0.2) is 0 Å². The third-order valence-electron chi connectivity index (χ3n) is 6.90. The van der Waals surface area contributed by atoms with Gasteiger partial charge in [-0.05, 0) is 58.6 Å². The summed E-state index contributed by atoms with van der Waals surface area (Å²) in [5.74, 6) is 1.80. The van der Waals surface area contributed by atoms with Gasteiger partial charge in [-0.25, -0.2) is 0 Å². The summed E-state index contributed by atoms with van der Waals surface area (Å²) in [6.07, 6.45) is 25.1. The van der Waals surface area contributed by atoms with Gasteiger partial charge in [-0.1, -0.05) is 144 Å². The van der Waals surface area contributed by atoms with Crippen LogP contribution in [0, 0.1) is 0 Å². The molecule has 0 amide bonds. The fraction of sp³-hybridized carbons (Fsp3) is 0.588. The Bertz CT molecular complexity index is 892. The van der Waals surface area contributed by atoms with Gasteiger partial charge >= 0.3 is 0 Å². The summed E-state index contributed by atoms with van der Waals surface area (Å²) in [6, 6.07) is 12.6. The maximum absolute atomic E-state index is 6.28. The summed E-state index contributed by atoms with van der Waals surface area (Å²) in [5, 5.41) is 0. The number of ether oxygens (including phenoxy) is 2. The molecule has 0 aliphatic rings. The van der Waals surface area contributed by atoms with Crippen molar-refractivity contribution in [2.75, 3.05) is 13.2 Å². The summed E-state index contributed by atoms with van der Waals surface area (Å²) in [7, 11) is 0. The lowest BCUT2D eigenvalue weighted by molar-refractivity contribution is 0.294. The molecular formula is C34H50Br2O2. The van der Waals surface area contributed by atoms with Crippen molar-refractivity contribution in [2.24, 2.45) is 0 Å². The van der Waals surface area contributed by atoms with Gasteiger partial charge < -0.3 is 9.47 Å². The molecule has 4 heteroatoms. The second kappa shape index (κ2) is 21.5. The first-order valence-electron chi connectivity index (χ1n) is 15.2. The highest BCUT2D eigenvalue weighted by Crippen LogP contribution is 2.35. The van der Waals surface area contributed by atoms with E-state index in [2.05, 4.69) is 94.3 Å². The number of hydrogen-bond acceptors (Lipinski definition) is 2. The molecule has 2 aromatic carbocycles. The average Bonchev–Trinajstić information content (AvgIpc) is 2.92. The summed E-state index contributed by atoms with van der Waals surface area (Å²) in [5.41, 5.74) is 2.22. The SMILES string of the molecule is CCCCCCCCCCOc1cc(/C=C/c2ccc(Br)cc2)c(OCCCCCCCCCC)cc1Br. The predicted molar refractivity (Wildman–Crippen MR) is 173 cm³/mol. The minimum Gasteiger partial charge on any atom is -0.493 e. The number of unbranched alkanes of at least 4 members (excludes halogenated alkanes) is 14. The number of halogens is 2. The Morgan fingerprint density at radius 1 is 0.553 bits per heavy atom. The normalized spacial score (nSPS) is 11.4. The molecule has 38 heavy (non-hydrogen) atoms. The molecule has 0 saturated carbocycles. The molecule has 0 bridgehead atoms. The van der Waals surface area contributed by atoms with Gasteiger partial charge in [-0.3, -0.25) is 0 Å². The molecule has 0 radical (unpaired) electrons. The third-order valence-corrected chi connectivity index (χ3v) is 8.05. The molecule has 2 aromatic rings. The van der Waals surface area contributed by atoms with E-state index in [0.29, 0.717) is 0 Å². The second-order valence-corrected chi connectivity index (χ2v) is 12.1. The first kappa shape index (κ1) is 32.9. The second-order valence-electron chi connectivity index (χ2n) is 10.4. The minimum atomic E-state index is 0.749. The molecule has 0 spiro atoms. The Balaban J connectivity index is 1.90. The Hall–Kier alpha value is -1.26. The molecule has 0 aliphatic heterocycles. The molecule has 0 atom stereocenters. The van der Waals surface area contributed by atoms with E-state index >= 15 is 0 Å². The lowest BCUT2D eigenvalue weighted by Crippen LogP contribution is -2.02. The fourth-order valence-electron chi connectivity index (χ4n) is 4.51. The molecule has 2 nitrogen and oxygen atoms in total. The Labute approximate surface area is 250 Å². The van der Waals surface area contributed by atoms with E-state index in [1.54, 1.807) is 0 Å². The number of hydrogen-bond donors (Lipinski definition) is 0. The van der Waals surface area contributed by atoms with Crippen molar-refractivity contribution in [3.8, 4) is 11.5 Å². The van der Waals surface area contributed by atoms with Crippen LogP contribution in [0.15, 0.2) is 45.3 Å². The van der Waals surface area contributed by atoms with Crippen LogP contribution in [0.4, 0.5) is 0 Å². The minimum absolute atomic E-state index is 0.749. The molecule has 0 saturated heterocycles. The van der Waals surface area contributed by atoms with Crippen molar-refractivity contribution >= 4 is 44.0 Å². The van der Waals surface area contributed by atoms with E-state index in [-0.39, 0.29) is 0 Å². The highest BCUT2D eigenvalue weighted by Gasteiger charge is 2.10. The lowest BCUT2D eigenvalue weighted by Gasteiger charge is -2.14. The van der Waals surface area contributed by atoms with Crippen LogP contribution >= 0.6 is 31.9 Å². The van der Waals surface area contributed by atoms with Crippen LogP contribution in [0.25, 0.3) is 12.2 Å². The molecular weight excluding hydrogens is 600 g/mol. The molecule has 2 rings (SSSR count). The van der Waals surface area contributed by atoms with Crippen LogP contribution in [0.3, 0.4) is 0 Å². The monoisotopic (exact) mass is 648 g/mol. The van der Waals surface area contributed by atoms with E-state index in [9.17, 15) is 0 Å². The van der Waals surface area contributed by atoms with Crippen LogP contribution in [0.2, 0.25) is 0 Å². The highest BCUT2D eigenvalue weighted by atomic mass is 79.9. The fourth-order valence-corrected chi connectivity index (χ4v) is 5.21. The van der Waals surface area contributed by atoms with Crippen LogP contribution in [-0.2, 0) is 0 Å². The van der Waals surface area contributed by atoms with Gasteiger partial charge in [0.1, 0.15) is 11.5 Å². The van der Waals surface area contributed by atoms with Gasteiger partial charge in [-0.15, -0.1) is 0 Å². The maximum atomic E-state index is 6.28. The largest absolute Gasteiger partial charge is 0.493 e. The Morgan fingerprint density at radius 3 is 1.55 bits per heavy atom. The summed E-state index contributed by atoms with van der Waals surface area (Å²) < 4.78 is 14.5. The van der Waals surface area contributed by atoms with Gasteiger partial charge in [0.2, 0.25) is 0 Å². The molecule has 0 unspecified atom stereocenters. The quantitative estimate of drug-likeness (QED) is 0.0933. The molecule has 0 fully saturated rings. The smallest absolute Gasteiger partial charge is 0.134 e. The zero-order chi connectivity index (χ0) is 27.3. The highest BCUT2D eigenvalue weighted by molar-refractivity contribution is 9.10. The van der Waals surface area contributed by atoms with Crippen LogP contribution in [0.5, 0.6) is 11.5 Å². The summed E-state index contributed by atoms with van der Waals surface area (Å²) in [4.78, 5) is 0. The van der Waals surface area contributed by atoms with Crippen molar-refractivity contribution < 1.29 is 9.47 Å². The van der Waals surface area contributed by atoms with Crippen LogP contribution in [-0.4, -0.2) is 13.2 Å².